The van der Waals surface area contributed by atoms with Crippen molar-refractivity contribution in [3.63, 3.8) is 0 Å². The van der Waals surface area contributed by atoms with Crippen LogP contribution < -0.4 is 5.32 Å². The van der Waals surface area contributed by atoms with Crippen LogP contribution in [0, 0.1) is 5.41 Å². The first-order valence-corrected chi connectivity index (χ1v) is 6.26. The summed E-state index contributed by atoms with van der Waals surface area (Å²) in [5, 5.41) is 7.59. The van der Waals surface area contributed by atoms with Crippen LogP contribution in [-0.4, -0.2) is 16.6 Å². The van der Waals surface area contributed by atoms with E-state index >= 15 is 0 Å². The van der Waals surface area contributed by atoms with E-state index in [1.807, 2.05) is 7.05 Å². The standard InChI is InChI=1S/C11H21N3S/c1-6-7-8-9(15-14-13-8)10(12-5)11(2,3)4/h10,12H,6-7H2,1-5H3. The highest BCUT2D eigenvalue weighted by atomic mass is 32.1. The van der Waals surface area contributed by atoms with Gasteiger partial charge >= 0.3 is 0 Å². The molecule has 0 amide bonds. The average molecular weight is 227 g/mol. The Labute approximate surface area is 96.5 Å². The Morgan fingerprint density at radius 2 is 2.07 bits per heavy atom. The number of hydrogen-bond donors (Lipinski definition) is 1. The highest BCUT2D eigenvalue weighted by Crippen LogP contribution is 2.35. The molecule has 1 unspecified atom stereocenters. The highest BCUT2D eigenvalue weighted by molar-refractivity contribution is 7.05. The van der Waals surface area contributed by atoms with Gasteiger partial charge in [-0.1, -0.05) is 38.6 Å². The fraction of sp³-hybridized carbons (Fsp3) is 0.818. The summed E-state index contributed by atoms with van der Waals surface area (Å²) in [6.45, 7) is 8.89. The van der Waals surface area contributed by atoms with Crippen molar-refractivity contribution in [1.82, 2.24) is 14.9 Å². The minimum absolute atomic E-state index is 0.200. The van der Waals surface area contributed by atoms with E-state index in [9.17, 15) is 0 Å². The summed E-state index contributed by atoms with van der Waals surface area (Å²) in [6.07, 6.45) is 2.15. The molecular formula is C11H21N3S. The molecule has 1 rings (SSSR count). The molecule has 0 saturated heterocycles. The Morgan fingerprint density at radius 3 is 2.53 bits per heavy atom. The van der Waals surface area contributed by atoms with Crippen molar-refractivity contribution in [2.24, 2.45) is 5.41 Å². The minimum Gasteiger partial charge on any atom is -0.312 e. The summed E-state index contributed by atoms with van der Waals surface area (Å²) < 4.78 is 4.07. The van der Waals surface area contributed by atoms with Crippen LogP contribution in [0.4, 0.5) is 0 Å². The number of nitrogens with one attached hydrogen (secondary N) is 1. The molecule has 0 spiro atoms. The molecule has 0 aliphatic rings. The zero-order valence-electron chi connectivity index (χ0n) is 10.3. The van der Waals surface area contributed by atoms with Gasteiger partial charge in [-0.3, -0.25) is 0 Å². The fourth-order valence-corrected chi connectivity index (χ4v) is 2.85. The molecule has 0 fully saturated rings. The first-order valence-electron chi connectivity index (χ1n) is 5.49. The van der Waals surface area contributed by atoms with Crippen molar-refractivity contribution in [1.29, 1.82) is 0 Å². The Balaban J connectivity index is 2.96. The van der Waals surface area contributed by atoms with E-state index in [4.69, 9.17) is 0 Å². The Bertz CT molecular complexity index is 301. The van der Waals surface area contributed by atoms with Gasteiger partial charge in [0.1, 0.15) is 0 Å². The molecule has 1 heterocycles. The van der Waals surface area contributed by atoms with Crippen molar-refractivity contribution in [3.8, 4) is 0 Å². The molecule has 0 aromatic carbocycles. The second-order valence-electron chi connectivity index (χ2n) is 4.92. The van der Waals surface area contributed by atoms with Crippen molar-refractivity contribution in [2.75, 3.05) is 7.05 Å². The van der Waals surface area contributed by atoms with Gasteiger partial charge in [-0.25, -0.2) is 0 Å². The largest absolute Gasteiger partial charge is 0.312 e. The fourth-order valence-electron chi connectivity index (χ4n) is 1.80. The third-order valence-electron chi connectivity index (χ3n) is 2.49. The van der Waals surface area contributed by atoms with Gasteiger partial charge < -0.3 is 5.32 Å². The zero-order chi connectivity index (χ0) is 11.5. The molecule has 86 valence electrons. The lowest BCUT2D eigenvalue weighted by atomic mass is 9.85. The molecule has 1 atom stereocenters. The van der Waals surface area contributed by atoms with E-state index < -0.39 is 0 Å². The Hall–Kier alpha value is -0.480. The Kier molecular flexibility index (Phi) is 4.22. The van der Waals surface area contributed by atoms with E-state index in [-0.39, 0.29) is 5.41 Å². The van der Waals surface area contributed by atoms with Crippen molar-refractivity contribution in [3.05, 3.63) is 10.6 Å². The molecule has 0 aliphatic heterocycles. The molecule has 1 aromatic rings. The van der Waals surface area contributed by atoms with Crippen LogP contribution in [0.2, 0.25) is 0 Å². The molecule has 0 saturated carbocycles. The molecule has 15 heavy (non-hydrogen) atoms. The molecule has 1 aromatic heterocycles. The maximum Gasteiger partial charge on any atom is 0.0803 e. The van der Waals surface area contributed by atoms with Crippen molar-refractivity contribution < 1.29 is 0 Å². The van der Waals surface area contributed by atoms with Gasteiger partial charge in [-0.05, 0) is 30.4 Å². The van der Waals surface area contributed by atoms with Gasteiger partial charge in [0, 0.05) is 6.04 Å². The average Bonchev–Trinajstić information content (AvgIpc) is 2.53. The third kappa shape index (κ3) is 2.98. The number of rotatable bonds is 4. The van der Waals surface area contributed by atoms with Crippen LogP contribution in [-0.2, 0) is 6.42 Å². The number of aryl methyl sites for hydroxylation is 1. The lowest BCUT2D eigenvalue weighted by molar-refractivity contribution is 0.289. The van der Waals surface area contributed by atoms with Crippen LogP contribution >= 0.6 is 11.5 Å². The first-order chi connectivity index (χ1) is 7.00. The SMILES string of the molecule is CCCc1nnsc1C(NC)C(C)(C)C. The van der Waals surface area contributed by atoms with Gasteiger partial charge in [0.2, 0.25) is 0 Å². The van der Waals surface area contributed by atoms with Gasteiger partial charge in [0.05, 0.1) is 10.6 Å². The molecule has 0 aliphatic carbocycles. The van der Waals surface area contributed by atoms with E-state index in [1.165, 1.54) is 16.4 Å². The smallest absolute Gasteiger partial charge is 0.0803 e. The topological polar surface area (TPSA) is 37.8 Å². The molecule has 0 radical (unpaired) electrons. The van der Waals surface area contributed by atoms with Gasteiger partial charge in [0.25, 0.3) is 0 Å². The first kappa shape index (κ1) is 12.6. The summed E-state index contributed by atoms with van der Waals surface area (Å²) >= 11 is 1.53. The van der Waals surface area contributed by atoms with E-state index in [0.29, 0.717) is 6.04 Å². The minimum atomic E-state index is 0.200. The predicted octanol–water partition coefficient (Wildman–Crippen LogP) is 2.80. The number of hydrogen-bond acceptors (Lipinski definition) is 4. The summed E-state index contributed by atoms with van der Waals surface area (Å²) in [6, 6.07) is 0.346. The summed E-state index contributed by atoms with van der Waals surface area (Å²) in [7, 11) is 2.01. The van der Waals surface area contributed by atoms with E-state index in [1.54, 1.807) is 0 Å². The van der Waals surface area contributed by atoms with Crippen LogP contribution in [0.5, 0.6) is 0 Å². The lowest BCUT2D eigenvalue weighted by Crippen LogP contribution is -2.29. The quantitative estimate of drug-likeness (QED) is 0.859. The molecular weight excluding hydrogens is 206 g/mol. The molecule has 0 bridgehead atoms. The van der Waals surface area contributed by atoms with E-state index in [2.05, 4.69) is 42.6 Å². The van der Waals surface area contributed by atoms with Crippen LogP contribution in [0.1, 0.15) is 50.7 Å². The maximum absolute atomic E-state index is 4.22. The molecule has 3 nitrogen and oxygen atoms in total. The van der Waals surface area contributed by atoms with Gasteiger partial charge in [-0.15, -0.1) is 5.10 Å². The van der Waals surface area contributed by atoms with E-state index in [0.717, 1.165) is 18.5 Å². The molecule has 1 N–H and O–H groups in total. The number of aromatic nitrogens is 2. The van der Waals surface area contributed by atoms with Crippen LogP contribution in [0.3, 0.4) is 0 Å². The summed E-state index contributed by atoms with van der Waals surface area (Å²) in [5.41, 5.74) is 1.36. The maximum atomic E-state index is 4.22. The second kappa shape index (κ2) is 5.03. The number of nitrogens with zero attached hydrogens (tertiary/aromatic N) is 2. The van der Waals surface area contributed by atoms with Gasteiger partial charge in [-0.2, -0.15) is 0 Å². The second-order valence-corrected chi connectivity index (χ2v) is 5.71. The van der Waals surface area contributed by atoms with Crippen molar-refractivity contribution in [2.45, 2.75) is 46.6 Å². The highest BCUT2D eigenvalue weighted by Gasteiger charge is 2.28. The lowest BCUT2D eigenvalue weighted by Gasteiger charge is -2.29. The normalized spacial score (nSPS) is 14.2. The summed E-state index contributed by atoms with van der Waals surface area (Å²) in [4.78, 5) is 1.30. The molecule has 4 heteroatoms. The van der Waals surface area contributed by atoms with Gasteiger partial charge in [0.15, 0.2) is 0 Å². The zero-order valence-corrected chi connectivity index (χ0v) is 11.1. The van der Waals surface area contributed by atoms with Crippen LogP contribution in [0.15, 0.2) is 0 Å². The Morgan fingerprint density at radius 1 is 1.40 bits per heavy atom. The monoisotopic (exact) mass is 227 g/mol. The predicted molar refractivity (Wildman–Crippen MR) is 65.2 cm³/mol. The summed E-state index contributed by atoms with van der Waals surface area (Å²) in [5.74, 6) is 0. The van der Waals surface area contributed by atoms with Crippen LogP contribution in [0.25, 0.3) is 0 Å². The third-order valence-corrected chi connectivity index (χ3v) is 3.32. The van der Waals surface area contributed by atoms with Crippen molar-refractivity contribution >= 4 is 11.5 Å².